The fourth-order valence-electron chi connectivity index (χ4n) is 2.01. The Hall–Kier alpha value is -0.276. The average Bonchev–Trinajstić information content (AvgIpc) is 2.35. The molecule has 0 saturated carbocycles. The number of aliphatic hydroxyl groups is 1. The van der Waals surface area contributed by atoms with E-state index in [2.05, 4.69) is 67.7 Å². The summed E-state index contributed by atoms with van der Waals surface area (Å²) < 4.78 is 12.9. The summed E-state index contributed by atoms with van der Waals surface area (Å²) in [6.45, 7) is 21.6. The van der Waals surface area contributed by atoms with Crippen molar-refractivity contribution >= 4 is 22.4 Å². The van der Waals surface area contributed by atoms with E-state index >= 15 is 0 Å². The first-order valence-corrected chi connectivity index (χ1v) is 14.6. The number of rotatable bonds is 4. The molecule has 1 rings (SSSR count). The summed E-state index contributed by atoms with van der Waals surface area (Å²) in [6.07, 6.45) is 1.05. The Morgan fingerprint density at radius 1 is 0.917 bits per heavy atom. The van der Waals surface area contributed by atoms with Gasteiger partial charge in [0.15, 0.2) is 22.4 Å². The van der Waals surface area contributed by atoms with E-state index in [1.54, 1.807) is 6.08 Å². The van der Waals surface area contributed by atoms with Gasteiger partial charge in [0.2, 0.25) is 0 Å². The zero-order chi connectivity index (χ0) is 19.1. The average molecular weight is 373 g/mol. The Bertz CT molecular complexity index is 498. The fourth-order valence-corrected chi connectivity index (χ4v) is 4.55. The van der Waals surface area contributed by atoms with Gasteiger partial charge in [-0.1, -0.05) is 47.6 Å². The highest BCUT2D eigenvalue weighted by Crippen LogP contribution is 2.41. The van der Waals surface area contributed by atoms with Crippen LogP contribution in [0.1, 0.15) is 41.5 Å². The van der Waals surface area contributed by atoms with Crippen molar-refractivity contribution in [3.05, 3.63) is 12.2 Å². The zero-order valence-corrected chi connectivity index (χ0v) is 19.1. The summed E-state index contributed by atoms with van der Waals surface area (Å²) >= 11 is 0. The van der Waals surface area contributed by atoms with Crippen LogP contribution in [-0.4, -0.2) is 45.8 Å². The minimum Gasteiger partial charge on any atom is -0.408 e. The third kappa shape index (κ3) is 4.66. The Labute approximate surface area is 149 Å². The summed E-state index contributed by atoms with van der Waals surface area (Å²) in [7, 11) is -4.18. The van der Waals surface area contributed by atoms with Crippen molar-refractivity contribution in [2.75, 3.05) is 0 Å². The Morgan fingerprint density at radius 3 is 1.75 bits per heavy atom. The van der Waals surface area contributed by atoms with Crippen molar-refractivity contribution in [1.29, 1.82) is 0 Å². The lowest BCUT2D eigenvalue weighted by atomic mass is 9.98. The number of carbonyl (C=O) groups excluding carboxylic acids is 1. The van der Waals surface area contributed by atoms with Crippen LogP contribution in [-0.2, 0) is 13.6 Å². The third-order valence-electron chi connectivity index (χ3n) is 5.85. The van der Waals surface area contributed by atoms with Gasteiger partial charge in [-0.2, -0.15) is 0 Å². The SMILES string of the molecule is CC(C)(C)[Si](C)(C)O[C@H]1[C@@H](O[Si](C)(C)C(C)(C)C)C=CC(=O)[C@@H]1O. The quantitative estimate of drug-likeness (QED) is 0.749. The van der Waals surface area contributed by atoms with Crippen LogP contribution < -0.4 is 0 Å². The van der Waals surface area contributed by atoms with Crippen LogP contribution in [0.3, 0.4) is 0 Å². The fraction of sp³-hybridized carbons (Fsp3) is 0.833. The van der Waals surface area contributed by atoms with Crippen LogP contribution in [0.25, 0.3) is 0 Å². The predicted molar refractivity (Wildman–Crippen MR) is 104 cm³/mol. The second kappa shape index (κ2) is 6.80. The van der Waals surface area contributed by atoms with E-state index in [0.717, 1.165) is 0 Å². The second-order valence-corrected chi connectivity index (χ2v) is 19.4. The Kier molecular flexibility index (Phi) is 6.16. The summed E-state index contributed by atoms with van der Waals surface area (Å²) in [5.41, 5.74) is 0. The van der Waals surface area contributed by atoms with Gasteiger partial charge in [0, 0.05) is 0 Å². The maximum atomic E-state index is 12.0. The molecule has 0 aromatic rings. The van der Waals surface area contributed by atoms with Gasteiger partial charge < -0.3 is 14.0 Å². The summed E-state index contributed by atoms with van der Waals surface area (Å²) in [6, 6.07) is 0. The maximum Gasteiger partial charge on any atom is 0.193 e. The lowest BCUT2D eigenvalue weighted by Crippen LogP contribution is -2.57. The van der Waals surface area contributed by atoms with Crippen molar-refractivity contribution in [3.63, 3.8) is 0 Å². The molecule has 0 heterocycles. The van der Waals surface area contributed by atoms with Crippen molar-refractivity contribution in [3.8, 4) is 0 Å². The molecule has 0 saturated heterocycles. The number of ketones is 1. The van der Waals surface area contributed by atoms with Crippen LogP contribution in [0.15, 0.2) is 12.2 Å². The number of carbonyl (C=O) groups is 1. The second-order valence-electron chi connectivity index (χ2n) is 9.89. The van der Waals surface area contributed by atoms with Crippen molar-refractivity contribution in [2.24, 2.45) is 0 Å². The Morgan fingerprint density at radius 2 is 1.33 bits per heavy atom. The van der Waals surface area contributed by atoms with Gasteiger partial charge in [-0.15, -0.1) is 0 Å². The molecule has 24 heavy (non-hydrogen) atoms. The molecule has 0 bridgehead atoms. The first kappa shape index (κ1) is 21.8. The van der Waals surface area contributed by atoms with E-state index in [4.69, 9.17) is 8.85 Å². The molecule has 0 radical (unpaired) electrons. The van der Waals surface area contributed by atoms with Gasteiger partial charge in [0.1, 0.15) is 12.2 Å². The molecule has 1 N–H and O–H groups in total. The molecule has 0 aliphatic heterocycles. The number of hydrogen-bond acceptors (Lipinski definition) is 4. The molecular weight excluding hydrogens is 336 g/mol. The molecule has 0 aromatic heterocycles. The highest BCUT2D eigenvalue weighted by atomic mass is 28.4. The van der Waals surface area contributed by atoms with E-state index in [0.29, 0.717) is 0 Å². The van der Waals surface area contributed by atoms with Gasteiger partial charge in [-0.3, -0.25) is 4.79 Å². The largest absolute Gasteiger partial charge is 0.408 e. The van der Waals surface area contributed by atoms with Crippen LogP contribution in [0, 0.1) is 0 Å². The first-order chi connectivity index (χ1) is 10.5. The van der Waals surface area contributed by atoms with E-state index in [-0.39, 0.29) is 22.0 Å². The van der Waals surface area contributed by atoms with E-state index < -0.39 is 28.8 Å². The zero-order valence-electron chi connectivity index (χ0n) is 17.1. The lowest BCUT2D eigenvalue weighted by molar-refractivity contribution is -0.132. The van der Waals surface area contributed by atoms with E-state index in [1.165, 1.54) is 6.08 Å². The molecule has 0 aromatic carbocycles. The molecule has 3 atom stereocenters. The monoisotopic (exact) mass is 372 g/mol. The molecule has 1 aliphatic carbocycles. The molecule has 0 fully saturated rings. The predicted octanol–water partition coefficient (Wildman–Crippen LogP) is 4.27. The van der Waals surface area contributed by atoms with Gasteiger partial charge >= 0.3 is 0 Å². The van der Waals surface area contributed by atoms with E-state index in [9.17, 15) is 9.90 Å². The normalized spacial score (nSPS) is 26.8. The molecule has 0 amide bonds. The van der Waals surface area contributed by atoms with E-state index in [1.807, 2.05) is 0 Å². The van der Waals surface area contributed by atoms with Crippen molar-refractivity contribution in [2.45, 2.75) is 96.1 Å². The van der Waals surface area contributed by atoms with Crippen molar-refractivity contribution < 1.29 is 18.8 Å². The molecular formula is C18H36O4Si2. The Balaban J connectivity index is 3.13. The standard InChI is InChI=1S/C18H36O4Si2/c1-17(2,3)23(7,8)21-14-12-11-13(19)15(20)16(14)22-24(9,10)18(4,5)6/h11-12,14-16,20H,1-10H3/t14-,15-,16-/m0/s1. The first-order valence-electron chi connectivity index (χ1n) is 8.75. The molecule has 140 valence electrons. The van der Waals surface area contributed by atoms with Crippen molar-refractivity contribution in [1.82, 2.24) is 0 Å². The lowest BCUT2D eigenvalue weighted by Gasteiger charge is -2.46. The highest BCUT2D eigenvalue weighted by Gasteiger charge is 2.48. The van der Waals surface area contributed by atoms with Gasteiger partial charge in [-0.05, 0) is 42.3 Å². The van der Waals surface area contributed by atoms with Crippen LogP contribution in [0.2, 0.25) is 36.3 Å². The topological polar surface area (TPSA) is 55.8 Å². The van der Waals surface area contributed by atoms with Gasteiger partial charge in [0.05, 0.1) is 6.10 Å². The van der Waals surface area contributed by atoms with Gasteiger partial charge in [0.25, 0.3) is 0 Å². The van der Waals surface area contributed by atoms with Crippen LogP contribution >= 0.6 is 0 Å². The third-order valence-corrected chi connectivity index (χ3v) is 14.8. The minimum absolute atomic E-state index is 0.00154. The van der Waals surface area contributed by atoms with Gasteiger partial charge in [-0.25, -0.2) is 0 Å². The molecule has 6 heteroatoms. The highest BCUT2D eigenvalue weighted by molar-refractivity contribution is 6.74. The smallest absolute Gasteiger partial charge is 0.193 e. The molecule has 4 nitrogen and oxygen atoms in total. The maximum absolute atomic E-state index is 12.0. The molecule has 0 spiro atoms. The summed E-state index contributed by atoms with van der Waals surface area (Å²) in [4.78, 5) is 12.0. The summed E-state index contributed by atoms with van der Waals surface area (Å²) in [5.74, 6) is -0.297. The summed E-state index contributed by atoms with van der Waals surface area (Å²) in [5, 5.41) is 10.5. The van der Waals surface area contributed by atoms with Crippen LogP contribution in [0.5, 0.6) is 0 Å². The molecule has 0 unspecified atom stereocenters. The minimum atomic E-state index is -2.14. The number of aliphatic hydroxyl groups excluding tert-OH is 1. The molecule has 1 aliphatic rings. The number of hydrogen-bond donors (Lipinski definition) is 1. The van der Waals surface area contributed by atoms with Crippen LogP contribution in [0.4, 0.5) is 0 Å².